The number of hydrogen-bond acceptors (Lipinski definition) is 4. The third-order valence-electron chi connectivity index (χ3n) is 3.64. The van der Waals surface area contributed by atoms with Crippen molar-refractivity contribution in [3.05, 3.63) is 34.1 Å². The molecule has 0 saturated carbocycles. The van der Waals surface area contributed by atoms with Crippen LogP contribution in [0.2, 0.25) is 0 Å². The molecule has 1 N–H and O–H groups in total. The Kier molecular flexibility index (Phi) is 3.41. The molecule has 0 aliphatic carbocycles. The number of nitrogens with zero attached hydrogens (tertiary/aromatic N) is 2. The van der Waals surface area contributed by atoms with E-state index < -0.39 is 0 Å². The molecule has 1 aliphatic heterocycles. The van der Waals surface area contributed by atoms with E-state index in [1.54, 1.807) is 0 Å². The Morgan fingerprint density at radius 3 is 2.89 bits per heavy atom. The molecule has 0 bridgehead atoms. The van der Waals surface area contributed by atoms with Crippen molar-refractivity contribution in [2.45, 2.75) is 19.8 Å². The molecule has 1 aliphatic rings. The predicted molar refractivity (Wildman–Crippen MR) is 76.9 cm³/mol. The third kappa shape index (κ3) is 2.44. The van der Waals surface area contributed by atoms with Crippen molar-refractivity contribution in [2.75, 3.05) is 13.1 Å². The van der Waals surface area contributed by atoms with E-state index in [0.29, 0.717) is 17.7 Å². The van der Waals surface area contributed by atoms with Crippen LogP contribution in [-0.2, 0) is 0 Å². The lowest BCUT2D eigenvalue weighted by Crippen LogP contribution is -2.08. The van der Waals surface area contributed by atoms with Crippen LogP contribution in [0.1, 0.15) is 24.3 Å². The molecule has 1 aromatic carbocycles. The first-order valence-corrected chi connectivity index (χ1v) is 7.25. The third-order valence-corrected chi connectivity index (χ3v) is 4.30. The molecule has 100 valence electrons. The highest BCUT2D eigenvalue weighted by atomic mass is 79.9. The van der Waals surface area contributed by atoms with Gasteiger partial charge >= 0.3 is 0 Å². The number of halogens is 1. The normalized spacial score (nSPS) is 22.9. The van der Waals surface area contributed by atoms with Gasteiger partial charge in [0, 0.05) is 16.6 Å². The topological polar surface area (TPSA) is 51.0 Å². The highest BCUT2D eigenvalue weighted by Gasteiger charge is 2.29. The summed E-state index contributed by atoms with van der Waals surface area (Å²) in [5.41, 5.74) is 2.17. The van der Waals surface area contributed by atoms with E-state index >= 15 is 0 Å². The maximum Gasteiger partial charge on any atom is 0.231 e. The van der Waals surface area contributed by atoms with Gasteiger partial charge in [0.2, 0.25) is 11.7 Å². The summed E-state index contributed by atoms with van der Waals surface area (Å²) in [7, 11) is 0. The number of aryl methyl sites for hydroxylation is 1. The van der Waals surface area contributed by atoms with Crippen LogP contribution < -0.4 is 5.32 Å². The Bertz CT molecular complexity index is 596. The summed E-state index contributed by atoms with van der Waals surface area (Å²) in [6.45, 7) is 6.19. The van der Waals surface area contributed by atoms with Gasteiger partial charge in [0.15, 0.2) is 0 Å². The number of benzene rings is 1. The van der Waals surface area contributed by atoms with Crippen LogP contribution >= 0.6 is 15.9 Å². The first-order chi connectivity index (χ1) is 9.15. The molecule has 19 heavy (non-hydrogen) atoms. The Labute approximate surface area is 120 Å². The van der Waals surface area contributed by atoms with E-state index in [-0.39, 0.29) is 0 Å². The van der Waals surface area contributed by atoms with Crippen molar-refractivity contribution in [3.8, 4) is 11.4 Å². The van der Waals surface area contributed by atoms with Crippen molar-refractivity contribution in [3.63, 3.8) is 0 Å². The Balaban J connectivity index is 1.92. The Hall–Kier alpha value is -1.20. The molecule has 3 rings (SSSR count). The molecule has 0 spiro atoms. The number of hydrogen-bond donors (Lipinski definition) is 1. The maximum absolute atomic E-state index is 5.44. The summed E-state index contributed by atoms with van der Waals surface area (Å²) in [6, 6.07) is 6.13. The van der Waals surface area contributed by atoms with E-state index in [2.05, 4.69) is 57.4 Å². The van der Waals surface area contributed by atoms with Crippen LogP contribution in [0.3, 0.4) is 0 Å². The lowest BCUT2D eigenvalue weighted by Gasteiger charge is -2.07. The van der Waals surface area contributed by atoms with E-state index in [1.807, 2.05) is 6.07 Å². The summed E-state index contributed by atoms with van der Waals surface area (Å²) < 4.78 is 6.43. The zero-order chi connectivity index (χ0) is 13.4. The van der Waals surface area contributed by atoms with Crippen LogP contribution in [0.5, 0.6) is 0 Å². The zero-order valence-corrected chi connectivity index (χ0v) is 12.6. The van der Waals surface area contributed by atoms with Gasteiger partial charge in [0.25, 0.3) is 0 Å². The second-order valence-electron chi connectivity index (χ2n) is 5.18. The van der Waals surface area contributed by atoms with Gasteiger partial charge in [-0.1, -0.05) is 34.1 Å². The van der Waals surface area contributed by atoms with Crippen LogP contribution in [0.25, 0.3) is 11.4 Å². The van der Waals surface area contributed by atoms with Gasteiger partial charge in [0.1, 0.15) is 0 Å². The van der Waals surface area contributed by atoms with Gasteiger partial charge in [-0.15, -0.1) is 0 Å². The zero-order valence-electron chi connectivity index (χ0n) is 11.0. The second-order valence-corrected chi connectivity index (χ2v) is 6.04. The van der Waals surface area contributed by atoms with Crippen molar-refractivity contribution in [1.82, 2.24) is 15.5 Å². The molecule has 1 aromatic heterocycles. The van der Waals surface area contributed by atoms with E-state index in [1.165, 1.54) is 5.56 Å². The van der Waals surface area contributed by atoms with E-state index in [9.17, 15) is 0 Å². The van der Waals surface area contributed by atoms with E-state index in [0.717, 1.165) is 29.0 Å². The van der Waals surface area contributed by atoms with Crippen molar-refractivity contribution in [1.29, 1.82) is 0 Å². The summed E-state index contributed by atoms with van der Waals surface area (Å²) in [6.07, 6.45) is 0. The summed E-state index contributed by atoms with van der Waals surface area (Å²) in [5.74, 6) is 2.25. The fourth-order valence-electron chi connectivity index (χ4n) is 2.44. The molecule has 0 amide bonds. The predicted octanol–water partition coefficient (Wildman–Crippen LogP) is 3.13. The minimum Gasteiger partial charge on any atom is -0.339 e. The fourth-order valence-corrected chi connectivity index (χ4v) is 3.11. The molecule has 5 heteroatoms. The minimum atomic E-state index is 0.325. The minimum absolute atomic E-state index is 0.325. The quantitative estimate of drug-likeness (QED) is 0.923. The lowest BCUT2D eigenvalue weighted by molar-refractivity contribution is 0.340. The monoisotopic (exact) mass is 321 g/mol. The van der Waals surface area contributed by atoms with Crippen molar-refractivity contribution in [2.24, 2.45) is 5.92 Å². The van der Waals surface area contributed by atoms with Crippen LogP contribution in [0.4, 0.5) is 0 Å². The number of nitrogens with one attached hydrogen (secondary N) is 1. The first-order valence-electron chi connectivity index (χ1n) is 6.46. The average molecular weight is 322 g/mol. The highest BCUT2D eigenvalue weighted by Crippen LogP contribution is 2.31. The maximum atomic E-state index is 5.44. The number of aromatic nitrogens is 2. The molecule has 1 saturated heterocycles. The van der Waals surface area contributed by atoms with Crippen molar-refractivity contribution >= 4 is 15.9 Å². The standard InChI is InChI=1S/C14H16BrN3O/c1-8-3-4-10(12(15)5-8)13-17-14(19-18-13)11-7-16-6-9(11)2/h3-5,9,11,16H,6-7H2,1-2H3/t9-,11-/m1/s1. The molecular formula is C14H16BrN3O. The van der Waals surface area contributed by atoms with Gasteiger partial charge in [0.05, 0.1) is 5.92 Å². The second kappa shape index (κ2) is 5.06. The van der Waals surface area contributed by atoms with Crippen LogP contribution in [0, 0.1) is 12.8 Å². The van der Waals surface area contributed by atoms with Crippen LogP contribution in [-0.4, -0.2) is 23.2 Å². The highest BCUT2D eigenvalue weighted by molar-refractivity contribution is 9.10. The van der Waals surface area contributed by atoms with Gasteiger partial charge in [-0.25, -0.2) is 0 Å². The molecule has 0 radical (unpaired) electrons. The van der Waals surface area contributed by atoms with Gasteiger partial charge in [-0.2, -0.15) is 4.98 Å². The molecule has 1 fully saturated rings. The smallest absolute Gasteiger partial charge is 0.231 e. The Morgan fingerprint density at radius 1 is 1.37 bits per heavy atom. The van der Waals surface area contributed by atoms with Crippen molar-refractivity contribution < 1.29 is 4.52 Å². The summed E-state index contributed by atoms with van der Waals surface area (Å²) in [4.78, 5) is 4.56. The fraction of sp³-hybridized carbons (Fsp3) is 0.429. The molecule has 0 unspecified atom stereocenters. The molecule has 4 nitrogen and oxygen atoms in total. The SMILES string of the molecule is Cc1ccc(-c2noc([C@@H]3CNC[C@H]3C)n2)c(Br)c1. The van der Waals surface area contributed by atoms with Gasteiger partial charge < -0.3 is 9.84 Å². The van der Waals surface area contributed by atoms with E-state index in [4.69, 9.17) is 4.52 Å². The van der Waals surface area contributed by atoms with Gasteiger partial charge in [-0.05, 0) is 37.1 Å². The molecule has 2 aromatic rings. The van der Waals surface area contributed by atoms with Gasteiger partial charge in [-0.3, -0.25) is 0 Å². The molecule has 2 atom stereocenters. The van der Waals surface area contributed by atoms with Crippen LogP contribution in [0.15, 0.2) is 27.2 Å². The largest absolute Gasteiger partial charge is 0.339 e. The summed E-state index contributed by atoms with van der Waals surface area (Å²) in [5, 5.41) is 7.46. The number of rotatable bonds is 2. The molecule has 2 heterocycles. The first kappa shape index (κ1) is 12.8. The molecular weight excluding hydrogens is 306 g/mol. The lowest BCUT2D eigenvalue weighted by atomic mass is 9.98. The summed E-state index contributed by atoms with van der Waals surface area (Å²) >= 11 is 3.55. The average Bonchev–Trinajstić information content (AvgIpc) is 2.97. The Morgan fingerprint density at radius 2 is 2.21 bits per heavy atom.